The molecule has 2 atom stereocenters. The number of aliphatic hydroxyl groups is 1. The van der Waals surface area contributed by atoms with Crippen molar-refractivity contribution in [1.29, 1.82) is 0 Å². The Morgan fingerprint density at radius 1 is 1.64 bits per heavy atom. The van der Waals surface area contributed by atoms with Crippen LogP contribution in [0, 0.1) is 5.92 Å². The highest BCUT2D eigenvalue weighted by atomic mass is 16.3. The van der Waals surface area contributed by atoms with Crippen molar-refractivity contribution < 1.29 is 5.11 Å². The maximum atomic E-state index is 9.54. The smallest absolute Gasteiger partial charge is 0.0593 e. The average molecular weight is 158 g/mol. The third-order valence-corrected chi connectivity index (χ3v) is 2.38. The fourth-order valence-corrected chi connectivity index (χ4v) is 1.70. The number of rotatable bonds is 2. The maximum Gasteiger partial charge on any atom is 0.0593 e. The Labute approximate surface area is 68.2 Å². The molecule has 66 valence electrons. The van der Waals surface area contributed by atoms with Crippen molar-refractivity contribution in [1.82, 2.24) is 5.01 Å². The van der Waals surface area contributed by atoms with Gasteiger partial charge < -0.3 is 5.11 Å². The van der Waals surface area contributed by atoms with Gasteiger partial charge in [-0.05, 0) is 18.8 Å². The van der Waals surface area contributed by atoms with E-state index < -0.39 is 0 Å². The van der Waals surface area contributed by atoms with E-state index in [1.807, 2.05) is 5.01 Å². The lowest BCUT2D eigenvalue weighted by Gasteiger charge is -2.33. The highest BCUT2D eigenvalue weighted by molar-refractivity contribution is 4.76. The first-order valence-electron chi connectivity index (χ1n) is 4.41. The van der Waals surface area contributed by atoms with Crippen LogP contribution in [0.2, 0.25) is 0 Å². The maximum absolute atomic E-state index is 9.54. The van der Waals surface area contributed by atoms with E-state index in [9.17, 15) is 5.11 Å². The van der Waals surface area contributed by atoms with Gasteiger partial charge in [0.05, 0.1) is 6.10 Å². The minimum absolute atomic E-state index is 0.116. The van der Waals surface area contributed by atoms with Crippen molar-refractivity contribution >= 4 is 0 Å². The van der Waals surface area contributed by atoms with Crippen LogP contribution in [0.4, 0.5) is 0 Å². The van der Waals surface area contributed by atoms with Crippen LogP contribution in [0.25, 0.3) is 0 Å². The molecule has 3 nitrogen and oxygen atoms in total. The molecule has 1 aliphatic heterocycles. The van der Waals surface area contributed by atoms with E-state index in [0.717, 1.165) is 32.4 Å². The zero-order chi connectivity index (χ0) is 8.27. The van der Waals surface area contributed by atoms with Crippen molar-refractivity contribution in [3.63, 3.8) is 0 Å². The van der Waals surface area contributed by atoms with Crippen LogP contribution < -0.4 is 5.84 Å². The van der Waals surface area contributed by atoms with Crippen LogP contribution in [0.15, 0.2) is 0 Å². The monoisotopic (exact) mass is 158 g/mol. The van der Waals surface area contributed by atoms with E-state index in [2.05, 4.69) is 6.92 Å². The van der Waals surface area contributed by atoms with Crippen molar-refractivity contribution in [3.05, 3.63) is 0 Å². The molecule has 1 heterocycles. The van der Waals surface area contributed by atoms with Crippen LogP contribution in [-0.2, 0) is 0 Å². The van der Waals surface area contributed by atoms with E-state index in [1.165, 1.54) is 0 Å². The molecule has 0 saturated carbocycles. The molecule has 0 bridgehead atoms. The molecule has 0 spiro atoms. The fraction of sp³-hybridized carbons (Fsp3) is 1.00. The lowest BCUT2D eigenvalue weighted by Crippen LogP contribution is -2.46. The van der Waals surface area contributed by atoms with E-state index in [0.29, 0.717) is 5.92 Å². The zero-order valence-corrected chi connectivity index (χ0v) is 7.16. The van der Waals surface area contributed by atoms with Crippen molar-refractivity contribution in [3.8, 4) is 0 Å². The van der Waals surface area contributed by atoms with Crippen LogP contribution in [0.3, 0.4) is 0 Å². The zero-order valence-electron chi connectivity index (χ0n) is 7.16. The summed E-state index contributed by atoms with van der Waals surface area (Å²) in [6.07, 6.45) is 2.95. The summed E-state index contributed by atoms with van der Waals surface area (Å²) in [6, 6.07) is 0. The molecule has 3 N–H and O–H groups in total. The van der Waals surface area contributed by atoms with Crippen LogP contribution in [0.1, 0.15) is 26.2 Å². The third-order valence-electron chi connectivity index (χ3n) is 2.38. The predicted octanol–water partition coefficient (Wildman–Crippen LogP) is 0.343. The highest BCUT2D eigenvalue weighted by Crippen LogP contribution is 2.19. The summed E-state index contributed by atoms with van der Waals surface area (Å²) >= 11 is 0. The second-order valence-corrected chi connectivity index (χ2v) is 3.40. The van der Waals surface area contributed by atoms with Crippen molar-refractivity contribution in [2.24, 2.45) is 11.8 Å². The summed E-state index contributed by atoms with van der Waals surface area (Å²) in [4.78, 5) is 0. The van der Waals surface area contributed by atoms with E-state index in [-0.39, 0.29) is 6.10 Å². The molecule has 1 aliphatic rings. The van der Waals surface area contributed by atoms with Gasteiger partial charge in [-0.15, -0.1) is 0 Å². The Bertz CT molecular complexity index is 119. The quantitative estimate of drug-likeness (QED) is 0.570. The number of hydrogen-bond acceptors (Lipinski definition) is 3. The number of piperidine rings is 1. The Hall–Kier alpha value is -0.120. The van der Waals surface area contributed by atoms with Crippen LogP contribution in [0.5, 0.6) is 0 Å². The molecule has 0 aliphatic carbocycles. The SMILES string of the molecule is CCC[C@H]1CN(N)CC[C@H]1O. The fourth-order valence-electron chi connectivity index (χ4n) is 1.70. The molecule has 0 aromatic carbocycles. The standard InChI is InChI=1S/C8H18N2O/c1-2-3-7-6-10(9)5-4-8(7)11/h7-8,11H,2-6,9H2,1H3/t7-,8+/m0/s1. The van der Waals surface area contributed by atoms with Gasteiger partial charge in [-0.2, -0.15) is 0 Å². The Morgan fingerprint density at radius 2 is 2.36 bits per heavy atom. The largest absolute Gasteiger partial charge is 0.393 e. The molecule has 0 amide bonds. The summed E-state index contributed by atoms with van der Waals surface area (Å²) < 4.78 is 0. The van der Waals surface area contributed by atoms with E-state index >= 15 is 0 Å². The van der Waals surface area contributed by atoms with Gasteiger partial charge in [0.1, 0.15) is 0 Å². The number of nitrogens with zero attached hydrogens (tertiary/aromatic N) is 1. The Balaban J connectivity index is 2.34. The molecule has 1 rings (SSSR count). The molecule has 11 heavy (non-hydrogen) atoms. The number of aliphatic hydroxyl groups excluding tert-OH is 1. The summed E-state index contributed by atoms with van der Waals surface area (Å²) in [5.41, 5.74) is 0. The first-order valence-corrected chi connectivity index (χ1v) is 4.41. The Kier molecular flexibility index (Phi) is 3.30. The molecule has 0 aromatic heterocycles. The molecule has 0 radical (unpaired) electrons. The number of hydrazine groups is 1. The second-order valence-electron chi connectivity index (χ2n) is 3.40. The van der Waals surface area contributed by atoms with E-state index in [4.69, 9.17) is 5.84 Å². The van der Waals surface area contributed by atoms with Gasteiger partial charge >= 0.3 is 0 Å². The average Bonchev–Trinajstić information content (AvgIpc) is 1.98. The van der Waals surface area contributed by atoms with Gasteiger partial charge in [0.2, 0.25) is 0 Å². The lowest BCUT2D eigenvalue weighted by molar-refractivity contribution is 0.0225. The Morgan fingerprint density at radius 3 is 3.00 bits per heavy atom. The van der Waals surface area contributed by atoms with Crippen molar-refractivity contribution in [2.75, 3.05) is 13.1 Å². The van der Waals surface area contributed by atoms with Gasteiger partial charge in [-0.25, -0.2) is 5.01 Å². The molecule has 1 saturated heterocycles. The first-order chi connectivity index (χ1) is 5.24. The normalized spacial score (nSPS) is 34.1. The summed E-state index contributed by atoms with van der Waals surface area (Å²) in [6.45, 7) is 3.83. The van der Waals surface area contributed by atoms with Crippen molar-refractivity contribution in [2.45, 2.75) is 32.3 Å². The van der Waals surface area contributed by atoms with Gasteiger partial charge in [0, 0.05) is 13.1 Å². The minimum atomic E-state index is -0.116. The second kappa shape index (κ2) is 4.04. The summed E-state index contributed by atoms with van der Waals surface area (Å²) in [5, 5.41) is 11.3. The molecule has 0 aromatic rings. The number of hydrogen-bond donors (Lipinski definition) is 2. The molecule has 3 heteroatoms. The number of nitrogens with two attached hydrogens (primary N) is 1. The van der Waals surface area contributed by atoms with Gasteiger partial charge in [-0.1, -0.05) is 13.3 Å². The van der Waals surface area contributed by atoms with Crippen LogP contribution >= 0.6 is 0 Å². The molecule has 1 fully saturated rings. The first kappa shape index (κ1) is 8.97. The lowest BCUT2D eigenvalue weighted by atomic mass is 9.92. The van der Waals surface area contributed by atoms with Gasteiger partial charge in [0.15, 0.2) is 0 Å². The highest BCUT2D eigenvalue weighted by Gasteiger charge is 2.24. The summed E-state index contributed by atoms with van der Waals surface area (Å²) in [7, 11) is 0. The third kappa shape index (κ3) is 2.43. The topological polar surface area (TPSA) is 49.5 Å². The summed E-state index contributed by atoms with van der Waals surface area (Å²) in [5.74, 6) is 6.04. The predicted molar refractivity (Wildman–Crippen MR) is 44.8 cm³/mol. The van der Waals surface area contributed by atoms with Gasteiger partial charge in [-0.3, -0.25) is 5.84 Å². The van der Waals surface area contributed by atoms with Crippen LogP contribution in [-0.4, -0.2) is 29.3 Å². The molecule has 0 unspecified atom stereocenters. The molecular formula is C8H18N2O. The van der Waals surface area contributed by atoms with E-state index in [1.54, 1.807) is 0 Å². The molecular weight excluding hydrogens is 140 g/mol. The minimum Gasteiger partial charge on any atom is -0.393 e. The van der Waals surface area contributed by atoms with Gasteiger partial charge in [0.25, 0.3) is 0 Å².